The van der Waals surface area contributed by atoms with E-state index in [0.717, 1.165) is 11.8 Å². The molecule has 1 heterocycles. The lowest BCUT2D eigenvalue weighted by Crippen LogP contribution is -2.26. The van der Waals surface area contributed by atoms with E-state index < -0.39 is 17.5 Å². The summed E-state index contributed by atoms with van der Waals surface area (Å²) in [6.07, 6.45) is 0.423. The molecule has 1 aromatic rings. The second-order valence-corrected chi connectivity index (χ2v) is 6.65. The van der Waals surface area contributed by atoms with E-state index in [1.807, 2.05) is 6.92 Å². The van der Waals surface area contributed by atoms with E-state index in [4.69, 9.17) is 22.3 Å². The minimum absolute atomic E-state index is 0.00799. The Labute approximate surface area is 163 Å². The Morgan fingerprint density at radius 3 is 2.36 bits per heavy atom. The molecule has 1 atom stereocenters. The zero-order chi connectivity index (χ0) is 21.6. The van der Waals surface area contributed by atoms with Gasteiger partial charge in [0.2, 0.25) is 0 Å². The number of allylic oxidation sites excluding steroid dienone is 1. The van der Waals surface area contributed by atoms with Crippen molar-refractivity contribution in [2.45, 2.75) is 32.5 Å². The van der Waals surface area contributed by atoms with Gasteiger partial charge in [-0.1, -0.05) is 13.0 Å². The lowest BCUT2D eigenvalue weighted by molar-refractivity contribution is -0.0578. The number of aromatic nitrogens is 1. The summed E-state index contributed by atoms with van der Waals surface area (Å²) in [4.78, 5) is 6.24. The number of halogens is 3. The predicted molar refractivity (Wildman–Crippen MR) is 108 cm³/mol. The molecule has 1 rings (SSSR count). The summed E-state index contributed by atoms with van der Waals surface area (Å²) >= 11 is 0. The van der Waals surface area contributed by atoms with Crippen LogP contribution in [-0.4, -0.2) is 48.6 Å². The molecule has 0 aromatic carbocycles. The average Bonchev–Trinajstić information content (AvgIpc) is 2.61. The molecule has 0 bridgehead atoms. The zero-order valence-corrected chi connectivity index (χ0v) is 16.5. The van der Waals surface area contributed by atoms with Crippen molar-refractivity contribution in [1.82, 2.24) is 9.88 Å². The number of alkyl halides is 3. The van der Waals surface area contributed by atoms with Gasteiger partial charge >= 0.3 is 6.18 Å². The maximum Gasteiger partial charge on any atom is 0.433 e. The van der Waals surface area contributed by atoms with E-state index in [9.17, 15) is 13.2 Å². The molecule has 28 heavy (non-hydrogen) atoms. The second kappa shape index (κ2) is 9.61. The highest BCUT2D eigenvalue weighted by atomic mass is 19.4. The molecule has 0 amide bonds. The number of nitrogens with one attached hydrogen (secondary N) is 2. The van der Waals surface area contributed by atoms with Crippen LogP contribution in [-0.2, 0) is 6.54 Å². The standard InChI is InChI=1S/C19H27F3N6/c1-11(8-24)16-12(2)14(10-28(3)4)17(27-15(16)6-5-7-23)13(9-25)18(26)19(20,21)22/h5-6,8-9,11,24,26H,7,10,23,25H2,1-4H3/b6-5-,13-9-,24-8?,26-18?. The van der Waals surface area contributed by atoms with Gasteiger partial charge in [-0.25, -0.2) is 4.98 Å². The van der Waals surface area contributed by atoms with Gasteiger partial charge in [-0.15, -0.1) is 0 Å². The van der Waals surface area contributed by atoms with Gasteiger partial charge in [-0.05, 0) is 43.8 Å². The lowest BCUT2D eigenvalue weighted by atomic mass is 9.88. The van der Waals surface area contributed by atoms with Gasteiger partial charge < -0.3 is 21.8 Å². The third-order valence-electron chi connectivity index (χ3n) is 4.22. The number of hydrogen-bond donors (Lipinski definition) is 4. The highest BCUT2D eigenvalue weighted by Crippen LogP contribution is 2.33. The van der Waals surface area contributed by atoms with Crippen molar-refractivity contribution in [2.24, 2.45) is 11.5 Å². The molecule has 6 nitrogen and oxygen atoms in total. The highest BCUT2D eigenvalue weighted by Gasteiger charge is 2.38. The highest BCUT2D eigenvalue weighted by molar-refractivity contribution is 6.24. The number of hydrogen-bond acceptors (Lipinski definition) is 6. The van der Waals surface area contributed by atoms with Crippen molar-refractivity contribution in [3.63, 3.8) is 0 Å². The smallest absolute Gasteiger partial charge is 0.404 e. The molecular formula is C19H27F3N6. The quantitative estimate of drug-likeness (QED) is 0.505. The molecule has 0 aliphatic carbocycles. The van der Waals surface area contributed by atoms with Gasteiger partial charge in [-0.2, -0.15) is 13.2 Å². The molecule has 0 fully saturated rings. The fourth-order valence-corrected chi connectivity index (χ4v) is 2.91. The molecule has 1 aromatic heterocycles. The van der Waals surface area contributed by atoms with E-state index in [2.05, 4.69) is 4.98 Å². The van der Waals surface area contributed by atoms with Crippen LogP contribution in [0.15, 0.2) is 12.3 Å². The summed E-state index contributed by atoms with van der Waals surface area (Å²) < 4.78 is 39.6. The summed E-state index contributed by atoms with van der Waals surface area (Å²) in [6.45, 7) is 4.12. The maximum absolute atomic E-state index is 13.2. The molecule has 0 saturated heterocycles. The molecule has 0 spiro atoms. The van der Waals surface area contributed by atoms with Crippen molar-refractivity contribution in [3.05, 3.63) is 40.4 Å². The van der Waals surface area contributed by atoms with Gasteiger partial charge in [0.05, 0.1) is 11.4 Å². The van der Waals surface area contributed by atoms with Crippen LogP contribution in [0.5, 0.6) is 0 Å². The maximum atomic E-state index is 13.2. The van der Waals surface area contributed by atoms with Crippen LogP contribution in [0.25, 0.3) is 11.6 Å². The van der Waals surface area contributed by atoms with E-state index in [1.54, 1.807) is 38.1 Å². The van der Waals surface area contributed by atoms with Crippen LogP contribution in [0.3, 0.4) is 0 Å². The van der Waals surface area contributed by atoms with Gasteiger partial charge in [0.15, 0.2) is 0 Å². The van der Waals surface area contributed by atoms with Crippen molar-refractivity contribution >= 4 is 23.6 Å². The van der Waals surface area contributed by atoms with E-state index in [-0.39, 0.29) is 18.2 Å². The Hall–Kier alpha value is -2.52. The van der Waals surface area contributed by atoms with Crippen LogP contribution in [0.1, 0.15) is 40.9 Å². The van der Waals surface area contributed by atoms with Crippen LogP contribution in [0.4, 0.5) is 13.2 Å². The Kier molecular flexibility index (Phi) is 8.07. The summed E-state index contributed by atoms with van der Waals surface area (Å²) in [5, 5.41) is 15.2. The molecule has 1 unspecified atom stereocenters. The van der Waals surface area contributed by atoms with Gasteiger partial charge in [0.25, 0.3) is 0 Å². The SMILES string of the molecule is Cc1c(CN(C)C)c(/C(=C/N)C(=N)C(F)(F)F)nc(/C=C\CN)c1C(C)C=N. The Bertz CT molecular complexity index is 794. The van der Waals surface area contributed by atoms with Crippen molar-refractivity contribution in [1.29, 1.82) is 10.8 Å². The van der Waals surface area contributed by atoms with Crippen molar-refractivity contribution in [2.75, 3.05) is 20.6 Å². The first-order chi connectivity index (χ1) is 13.0. The number of nitrogens with two attached hydrogens (primary N) is 2. The topological polar surface area (TPSA) is 116 Å². The lowest BCUT2D eigenvalue weighted by Gasteiger charge is -2.24. The summed E-state index contributed by atoms with van der Waals surface area (Å²) in [5.41, 5.74) is 11.4. The molecule has 0 aliphatic rings. The molecule has 0 aliphatic heterocycles. The minimum Gasteiger partial charge on any atom is -0.404 e. The fourth-order valence-electron chi connectivity index (χ4n) is 2.91. The third kappa shape index (κ3) is 5.26. The predicted octanol–water partition coefficient (Wildman–Crippen LogP) is 3.06. The summed E-state index contributed by atoms with van der Waals surface area (Å²) in [5.74, 6) is -0.299. The van der Waals surface area contributed by atoms with Crippen molar-refractivity contribution < 1.29 is 13.2 Å². The number of nitrogens with zero attached hydrogens (tertiary/aromatic N) is 2. The normalized spacial score (nSPS) is 14.0. The number of pyridine rings is 1. The van der Waals surface area contributed by atoms with Crippen LogP contribution in [0.2, 0.25) is 0 Å². The van der Waals surface area contributed by atoms with E-state index in [1.165, 1.54) is 6.21 Å². The van der Waals surface area contributed by atoms with Gasteiger partial charge in [0.1, 0.15) is 5.71 Å². The first-order valence-electron chi connectivity index (χ1n) is 8.63. The molecule has 9 heteroatoms. The average molecular weight is 396 g/mol. The zero-order valence-electron chi connectivity index (χ0n) is 16.5. The number of rotatable bonds is 8. The van der Waals surface area contributed by atoms with Crippen LogP contribution in [0, 0.1) is 17.7 Å². The molecule has 154 valence electrons. The first kappa shape index (κ1) is 23.5. The largest absolute Gasteiger partial charge is 0.433 e. The Balaban J connectivity index is 3.92. The fraction of sp³-hybridized carbons (Fsp3) is 0.421. The molecule has 0 saturated carbocycles. The van der Waals surface area contributed by atoms with Crippen molar-refractivity contribution in [3.8, 4) is 0 Å². The minimum atomic E-state index is -4.86. The summed E-state index contributed by atoms with van der Waals surface area (Å²) in [7, 11) is 3.57. The second-order valence-electron chi connectivity index (χ2n) is 6.65. The Morgan fingerprint density at radius 2 is 1.93 bits per heavy atom. The monoisotopic (exact) mass is 396 g/mol. The molecular weight excluding hydrogens is 369 g/mol. The van der Waals surface area contributed by atoms with E-state index in [0.29, 0.717) is 23.4 Å². The molecule has 6 N–H and O–H groups in total. The van der Waals surface area contributed by atoms with Crippen LogP contribution >= 0.6 is 0 Å². The van der Waals surface area contributed by atoms with Gasteiger partial charge in [-0.3, -0.25) is 5.41 Å². The summed E-state index contributed by atoms with van der Waals surface area (Å²) in [6, 6.07) is 0. The first-order valence-corrected chi connectivity index (χ1v) is 8.63. The Morgan fingerprint density at radius 1 is 1.32 bits per heavy atom. The van der Waals surface area contributed by atoms with Crippen LogP contribution < -0.4 is 11.5 Å². The van der Waals surface area contributed by atoms with E-state index >= 15 is 0 Å². The third-order valence-corrected chi connectivity index (χ3v) is 4.22. The molecule has 0 radical (unpaired) electrons. The van der Waals surface area contributed by atoms with Gasteiger partial charge in [0, 0.05) is 37.0 Å².